The third kappa shape index (κ3) is 3.65. The average Bonchev–Trinajstić information content (AvgIpc) is 2.62. The highest BCUT2D eigenvalue weighted by Crippen LogP contribution is 2.37. The molecule has 2 aromatic rings. The molecule has 0 saturated carbocycles. The molecule has 1 atom stereocenters. The van der Waals surface area contributed by atoms with Crippen LogP contribution in [0.4, 0.5) is 13.2 Å². The maximum absolute atomic E-state index is 13.0. The molecule has 0 unspecified atom stereocenters. The third-order valence-corrected chi connectivity index (χ3v) is 4.97. The van der Waals surface area contributed by atoms with Gasteiger partial charge in [0.2, 0.25) is 0 Å². The maximum Gasteiger partial charge on any atom is 0.416 e. The van der Waals surface area contributed by atoms with Gasteiger partial charge in [-0.3, -0.25) is 4.90 Å². The standard InChI is InChI=1S/C20H22F3NO2/c1-24-9-8-14-12-15(20(21,22)23)5-6-16(14)17(24)10-13-4-7-18(25-2)19(11-13)26-3/h4-7,11-12,17H,8-10H2,1-3H3/t17-/m1/s1. The molecule has 0 aliphatic carbocycles. The molecule has 0 radical (unpaired) electrons. The Bertz CT molecular complexity index is 789. The average molecular weight is 365 g/mol. The smallest absolute Gasteiger partial charge is 0.416 e. The predicted octanol–water partition coefficient (Wildman–Crippen LogP) is 4.49. The van der Waals surface area contributed by atoms with Gasteiger partial charge in [0.25, 0.3) is 0 Å². The van der Waals surface area contributed by atoms with Gasteiger partial charge in [-0.25, -0.2) is 0 Å². The first-order valence-corrected chi connectivity index (χ1v) is 8.44. The summed E-state index contributed by atoms with van der Waals surface area (Å²) in [6, 6.07) is 9.87. The van der Waals surface area contributed by atoms with E-state index in [9.17, 15) is 13.2 Å². The van der Waals surface area contributed by atoms with Crippen LogP contribution in [0.2, 0.25) is 0 Å². The molecule has 0 saturated heterocycles. The summed E-state index contributed by atoms with van der Waals surface area (Å²) in [5, 5.41) is 0. The van der Waals surface area contributed by atoms with Crippen molar-refractivity contribution < 1.29 is 22.6 Å². The zero-order valence-corrected chi connectivity index (χ0v) is 15.1. The number of alkyl halides is 3. The Morgan fingerprint density at radius 3 is 2.42 bits per heavy atom. The van der Waals surface area contributed by atoms with Crippen LogP contribution in [0.5, 0.6) is 11.5 Å². The van der Waals surface area contributed by atoms with Crippen LogP contribution in [-0.2, 0) is 19.0 Å². The van der Waals surface area contributed by atoms with E-state index in [-0.39, 0.29) is 6.04 Å². The van der Waals surface area contributed by atoms with Crippen molar-refractivity contribution in [3.63, 3.8) is 0 Å². The van der Waals surface area contributed by atoms with Gasteiger partial charge in [0.05, 0.1) is 19.8 Å². The molecule has 1 aliphatic heterocycles. The lowest BCUT2D eigenvalue weighted by Gasteiger charge is -2.35. The normalized spacial score (nSPS) is 17.7. The third-order valence-electron chi connectivity index (χ3n) is 4.97. The number of fused-ring (bicyclic) bond motifs is 1. The van der Waals surface area contributed by atoms with E-state index in [0.29, 0.717) is 24.3 Å². The summed E-state index contributed by atoms with van der Waals surface area (Å²) in [7, 11) is 5.18. The fourth-order valence-electron chi connectivity index (χ4n) is 3.51. The van der Waals surface area contributed by atoms with Crippen LogP contribution in [0.3, 0.4) is 0 Å². The summed E-state index contributed by atoms with van der Waals surface area (Å²) in [6.07, 6.45) is -3.00. The van der Waals surface area contributed by atoms with Gasteiger partial charge in [0.1, 0.15) is 0 Å². The van der Waals surface area contributed by atoms with Crippen molar-refractivity contribution in [1.82, 2.24) is 4.90 Å². The Balaban J connectivity index is 1.92. The summed E-state index contributed by atoms with van der Waals surface area (Å²) in [6.45, 7) is 0.728. The second-order valence-corrected chi connectivity index (χ2v) is 6.55. The zero-order chi connectivity index (χ0) is 18.9. The van der Waals surface area contributed by atoms with E-state index in [4.69, 9.17) is 9.47 Å². The van der Waals surface area contributed by atoms with E-state index in [1.54, 1.807) is 20.3 Å². The molecule has 6 heteroatoms. The summed E-state index contributed by atoms with van der Waals surface area (Å²) >= 11 is 0. The monoisotopic (exact) mass is 365 g/mol. The first-order chi connectivity index (χ1) is 12.3. The van der Waals surface area contributed by atoms with Gasteiger partial charge in [-0.2, -0.15) is 13.2 Å². The Labute approximate surface area is 151 Å². The number of likely N-dealkylation sites (N-methyl/N-ethyl adjacent to an activating group) is 1. The van der Waals surface area contributed by atoms with Crippen LogP contribution < -0.4 is 9.47 Å². The lowest BCUT2D eigenvalue weighted by atomic mass is 9.88. The maximum atomic E-state index is 13.0. The van der Waals surface area contributed by atoms with Gasteiger partial charge < -0.3 is 9.47 Å². The van der Waals surface area contributed by atoms with Crippen molar-refractivity contribution in [1.29, 1.82) is 0 Å². The molecule has 3 nitrogen and oxygen atoms in total. The molecular weight excluding hydrogens is 343 g/mol. The van der Waals surface area contributed by atoms with Crippen molar-refractivity contribution in [3.8, 4) is 11.5 Å². The topological polar surface area (TPSA) is 21.7 Å². The van der Waals surface area contributed by atoms with Crippen LogP contribution in [0, 0.1) is 0 Å². The van der Waals surface area contributed by atoms with Gasteiger partial charge in [-0.1, -0.05) is 12.1 Å². The molecule has 1 aliphatic rings. The first kappa shape index (κ1) is 18.6. The van der Waals surface area contributed by atoms with E-state index in [1.165, 1.54) is 12.1 Å². The van der Waals surface area contributed by atoms with Crippen LogP contribution in [0.15, 0.2) is 36.4 Å². The van der Waals surface area contributed by atoms with Crippen LogP contribution in [0.25, 0.3) is 0 Å². The van der Waals surface area contributed by atoms with Gasteiger partial charge in [-0.05, 0) is 60.8 Å². The quantitative estimate of drug-likeness (QED) is 0.797. The van der Waals surface area contributed by atoms with Crippen LogP contribution in [0.1, 0.15) is 28.3 Å². The molecule has 2 aromatic carbocycles. The zero-order valence-electron chi connectivity index (χ0n) is 15.1. The largest absolute Gasteiger partial charge is 0.493 e. The number of nitrogens with zero attached hydrogens (tertiary/aromatic N) is 1. The minimum atomic E-state index is -4.31. The van der Waals surface area contributed by atoms with Crippen LogP contribution in [-0.4, -0.2) is 32.7 Å². The van der Waals surface area contributed by atoms with E-state index < -0.39 is 11.7 Å². The van der Waals surface area contributed by atoms with Crippen molar-refractivity contribution in [2.75, 3.05) is 27.8 Å². The van der Waals surface area contributed by atoms with E-state index in [2.05, 4.69) is 4.90 Å². The van der Waals surface area contributed by atoms with E-state index in [0.717, 1.165) is 23.2 Å². The SMILES string of the molecule is COc1ccc(C[C@@H]2c3ccc(C(F)(F)F)cc3CCN2C)cc1OC. The lowest BCUT2D eigenvalue weighted by molar-refractivity contribution is -0.137. The number of rotatable bonds is 4. The molecule has 0 bridgehead atoms. The number of halogens is 3. The summed E-state index contributed by atoms with van der Waals surface area (Å²) in [5.41, 5.74) is 2.21. The van der Waals surface area contributed by atoms with Gasteiger partial charge in [0, 0.05) is 12.6 Å². The van der Waals surface area contributed by atoms with E-state index >= 15 is 0 Å². The molecule has 0 N–H and O–H groups in total. The Kier molecular flexibility index (Phi) is 5.14. The first-order valence-electron chi connectivity index (χ1n) is 8.44. The molecule has 3 rings (SSSR count). The van der Waals surface area contributed by atoms with Gasteiger partial charge >= 0.3 is 6.18 Å². The second kappa shape index (κ2) is 7.19. The minimum Gasteiger partial charge on any atom is -0.493 e. The summed E-state index contributed by atoms with van der Waals surface area (Å²) in [4.78, 5) is 2.19. The highest BCUT2D eigenvalue weighted by molar-refractivity contribution is 5.44. The number of benzene rings is 2. The number of hydrogen-bond acceptors (Lipinski definition) is 3. The van der Waals surface area contributed by atoms with Crippen molar-refractivity contribution >= 4 is 0 Å². The van der Waals surface area contributed by atoms with Gasteiger partial charge in [0.15, 0.2) is 11.5 Å². The number of hydrogen-bond donors (Lipinski definition) is 0. The van der Waals surface area contributed by atoms with Crippen molar-refractivity contribution in [2.45, 2.75) is 25.1 Å². The molecule has 0 aromatic heterocycles. The van der Waals surface area contributed by atoms with Crippen molar-refractivity contribution in [2.24, 2.45) is 0 Å². The predicted molar refractivity (Wildman–Crippen MR) is 93.8 cm³/mol. The molecule has 1 heterocycles. The molecule has 0 amide bonds. The Morgan fingerprint density at radius 1 is 1.04 bits per heavy atom. The molecule has 0 fully saturated rings. The number of ether oxygens (including phenoxy) is 2. The summed E-state index contributed by atoms with van der Waals surface area (Å²) < 4.78 is 49.6. The fourth-order valence-corrected chi connectivity index (χ4v) is 3.51. The molecule has 140 valence electrons. The van der Waals surface area contributed by atoms with Gasteiger partial charge in [-0.15, -0.1) is 0 Å². The highest BCUT2D eigenvalue weighted by atomic mass is 19.4. The molecule has 26 heavy (non-hydrogen) atoms. The Morgan fingerprint density at radius 2 is 1.77 bits per heavy atom. The van der Waals surface area contributed by atoms with E-state index in [1.807, 2.05) is 25.2 Å². The summed E-state index contributed by atoms with van der Waals surface area (Å²) in [5.74, 6) is 1.31. The molecular formula is C20H22F3NO2. The molecule has 0 spiro atoms. The second-order valence-electron chi connectivity index (χ2n) is 6.55. The lowest BCUT2D eigenvalue weighted by Crippen LogP contribution is -2.33. The highest BCUT2D eigenvalue weighted by Gasteiger charge is 2.33. The number of methoxy groups -OCH3 is 2. The van der Waals surface area contributed by atoms with Crippen molar-refractivity contribution in [3.05, 3.63) is 58.7 Å². The van der Waals surface area contributed by atoms with Crippen LogP contribution >= 0.6 is 0 Å². The minimum absolute atomic E-state index is 0.0270. The Hall–Kier alpha value is -2.21. The fraction of sp³-hybridized carbons (Fsp3) is 0.400.